The zero-order valence-electron chi connectivity index (χ0n) is 15.8. The summed E-state index contributed by atoms with van der Waals surface area (Å²) in [4.78, 5) is 24.9. The summed E-state index contributed by atoms with van der Waals surface area (Å²) < 4.78 is 48.9. The summed E-state index contributed by atoms with van der Waals surface area (Å²) in [5.74, 6) is -2.66. The molecule has 1 amide bonds. The van der Waals surface area contributed by atoms with Crippen molar-refractivity contribution in [1.29, 1.82) is 0 Å². The minimum Gasteiger partial charge on any atom is -0.495 e. The molecule has 0 saturated heterocycles. The number of halogens is 3. The largest absolute Gasteiger partial charge is 0.495 e. The van der Waals surface area contributed by atoms with E-state index in [0.29, 0.717) is 5.75 Å². The summed E-state index contributed by atoms with van der Waals surface area (Å²) in [7, 11) is 1.43. The number of hydrogen-bond acceptors (Lipinski definition) is 8. The SMILES string of the molecule is COc1ccc(C(=O)Nc2ccc(F)c(C3(CF)C[C@H](N)NOC(N)=N3)c2F)nc1. The molecule has 1 aromatic heterocycles. The van der Waals surface area contributed by atoms with Crippen molar-refractivity contribution in [3.63, 3.8) is 0 Å². The van der Waals surface area contributed by atoms with Gasteiger partial charge in [-0.05, 0) is 24.3 Å². The Hall–Kier alpha value is -3.38. The molecule has 9 nitrogen and oxygen atoms in total. The summed E-state index contributed by atoms with van der Waals surface area (Å²) in [6, 6.07) is 4.18. The van der Waals surface area contributed by atoms with Gasteiger partial charge in [-0.15, -0.1) is 5.48 Å². The number of aromatic nitrogens is 1. The molecule has 0 aliphatic carbocycles. The van der Waals surface area contributed by atoms with Crippen molar-refractivity contribution in [2.45, 2.75) is 18.1 Å². The van der Waals surface area contributed by atoms with E-state index in [1.807, 2.05) is 0 Å². The number of nitrogens with zero attached hydrogens (tertiary/aromatic N) is 2. The van der Waals surface area contributed by atoms with Crippen LogP contribution in [0.2, 0.25) is 0 Å². The molecule has 2 atom stereocenters. The van der Waals surface area contributed by atoms with Gasteiger partial charge in [0.25, 0.3) is 5.91 Å². The molecule has 1 aliphatic heterocycles. The number of ether oxygens (including phenoxy) is 1. The second kappa shape index (κ2) is 8.55. The molecule has 2 aromatic rings. The lowest BCUT2D eigenvalue weighted by molar-refractivity contribution is 0.102. The number of rotatable bonds is 5. The van der Waals surface area contributed by atoms with Gasteiger partial charge in [-0.2, -0.15) is 0 Å². The lowest BCUT2D eigenvalue weighted by Crippen LogP contribution is -2.42. The lowest BCUT2D eigenvalue weighted by atomic mass is 9.86. The minimum atomic E-state index is -2.10. The minimum absolute atomic E-state index is 0.0439. The van der Waals surface area contributed by atoms with E-state index in [1.54, 1.807) is 0 Å². The molecule has 0 radical (unpaired) electrons. The van der Waals surface area contributed by atoms with Crippen LogP contribution < -0.4 is 27.0 Å². The summed E-state index contributed by atoms with van der Waals surface area (Å²) in [5, 5.41) is 2.29. The molecule has 6 N–H and O–H groups in total. The van der Waals surface area contributed by atoms with E-state index in [4.69, 9.17) is 21.0 Å². The maximum absolute atomic E-state index is 15.3. The molecule has 1 unspecified atom stereocenters. The number of nitrogens with two attached hydrogens (primary N) is 2. The van der Waals surface area contributed by atoms with E-state index in [-0.39, 0.29) is 12.1 Å². The average molecular weight is 424 g/mol. The van der Waals surface area contributed by atoms with E-state index >= 15 is 4.39 Å². The molecule has 160 valence electrons. The number of hydrogen-bond donors (Lipinski definition) is 4. The van der Waals surface area contributed by atoms with Gasteiger partial charge in [0.2, 0.25) is 0 Å². The second-order valence-corrected chi connectivity index (χ2v) is 6.47. The molecule has 0 spiro atoms. The fraction of sp³-hybridized carbons (Fsp3) is 0.278. The maximum Gasteiger partial charge on any atom is 0.303 e. The molecule has 3 rings (SSSR count). The topological polar surface area (TPSA) is 137 Å². The average Bonchev–Trinajstić information content (AvgIpc) is 2.88. The number of pyridine rings is 1. The van der Waals surface area contributed by atoms with Gasteiger partial charge in [0.1, 0.15) is 29.5 Å². The van der Waals surface area contributed by atoms with Crippen LogP contribution in [-0.2, 0) is 10.4 Å². The number of nitrogens with one attached hydrogen (secondary N) is 2. The number of hydroxylamine groups is 1. The standard InChI is InChI=1S/C18H19F3N6O3/c1-29-9-2-4-12(24-7-9)16(28)25-11-5-3-10(20)14(15(11)21)18(8-19)6-13(22)27-30-17(23)26-18/h2-5,7,13,27H,6,8,22H2,1H3,(H2,23,26)(H,25,28)/t13-,18?/m1/s1. The molecule has 0 fully saturated rings. The predicted octanol–water partition coefficient (Wildman–Crippen LogP) is 1.31. The van der Waals surface area contributed by atoms with E-state index in [0.717, 1.165) is 12.1 Å². The number of anilines is 1. The molecule has 1 aliphatic rings. The van der Waals surface area contributed by atoms with Crippen molar-refractivity contribution in [3.05, 3.63) is 53.4 Å². The second-order valence-electron chi connectivity index (χ2n) is 6.47. The number of aliphatic imine (C=N–C) groups is 1. The number of carbonyl (C=O) groups excluding carboxylic acids is 1. The Balaban J connectivity index is 2.00. The van der Waals surface area contributed by atoms with Crippen LogP contribution in [0.5, 0.6) is 5.75 Å². The number of amidine groups is 1. The smallest absolute Gasteiger partial charge is 0.303 e. The third kappa shape index (κ3) is 4.14. The molecular formula is C18H19F3N6O3. The lowest BCUT2D eigenvalue weighted by Gasteiger charge is -2.28. The van der Waals surface area contributed by atoms with E-state index < -0.39 is 53.2 Å². The van der Waals surface area contributed by atoms with E-state index in [2.05, 4.69) is 20.8 Å². The Bertz CT molecular complexity index is 972. The Morgan fingerprint density at radius 2 is 2.17 bits per heavy atom. The van der Waals surface area contributed by atoms with Crippen LogP contribution in [0.3, 0.4) is 0 Å². The molecule has 12 heteroatoms. The normalized spacial score (nSPS) is 21.2. The monoisotopic (exact) mass is 424 g/mol. The van der Waals surface area contributed by atoms with E-state index in [9.17, 15) is 13.6 Å². The number of methoxy groups -OCH3 is 1. The highest BCUT2D eigenvalue weighted by Gasteiger charge is 2.42. The first-order valence-corrected chi connectivity index (χ1v) is 8.69. The van der Waals surface area contributed by atoms with Crippen molar-refractivity contribution in [3.8, 4) is 5.75 Å². The molecule has 1 aromatic carbocycles. The van der Waals surface area contributed by atoms with Gasteiger partial charge < -0.3 is 26.4 Å². The summed E-state index contributed by atoms with van der Waals surface area (Å²) >= 11 is 0. The summed E-state index contributed by atoms with van der Waals surface area (Å²) in [5.41, 5.74) is 10.3. The molecular weight excluding hydrogens is 405 g/mol. The number of benzene rings is 1. The van der Waals surface area contributed by atoms with Crippen LogP contribution >= 0.6 is 0 Å². The quantitative estimate of drug-likeness (QED) is 0.568. The fourth-order valence-electron chi connectivity index (χ4n) is 3.03. The zero-order valence-corrected chi connectivity index (χ0v) is 15.8. The fourth-order valence-corrected chi connectivity index (χ4v) is 3.03. The van der Waals surface area contributed by atoms with Crippen LogP contribution in [-0.4, -0.2) is 36.9 Å². The zero-order chi connectivity index (χ0) is 21.9. The van der Waals surface area contributed by atoms with Crippen molar-refractivity contribution in [2.24, 2.45) is 16.5 Å². The first kappa shape index (κ1) is 21.3. The van der Waals surface area contributed by atoms with Crippen molar-refractivity contribution < 1.29 is 27.5 Å². The highest BCUT2D eigenvalue weighted by atomic mass is 19.1. The number of alkyl halides is 1. The third-order valence-electron chi connectivity index (χ3n) is 4.43. The maximum atomic E-state index is 15.3. The van der Waals surface area contributed by atoms with Crippen LogP contribution in [0.25, 0.3) is 0 Å². The van der Waals surface area contributed by atoms with Crippen molar-refractivity contribution in [1.82, 2.24) is 10.5 Å². The van der Waals surface area contributed by atoms with Crippen molar-refractivity contribution in [2.75, 3.05) is 19.1 Å². The van der Waals surface area contributed by atoms with Crippen LogP contribution in [0, 0.1) is 11.6 Å². The van der Waals surface area contributed by atoms with Gasteiger partial charge in [-0.1, -0.05) is 0 Å². The molecule has 30 heavy (non-hydrogen) atoms. The van der Waals surface area contributed by atoms with Crippen LogP contribution in [0.15, 0.2) is 35.5 Å². The van der Waals surface area contributed by atoms with Gasteiger partial charge in [0, 0.05) is 6.42 Å². The molecule has 0 bridgehead atoms. The van der Waals surface area contributed by atoms with Gasteiger partial charge in [-0.25, -0.2) is 23.1 Å². The van der Waals surface area contributed by atoms with Gasteiger partial charge in [0.05, 0.1) is 30.7 Å². The Kier molecular flexibility index (Phi) is 6.08. The third-order valence-corrected chi connectivity index (χ3v) is 4.43. The summed E-state index contributed by atoms with van der Waals surface area (Å²) in [6.45, 7) is -1.32. The number of carbonyl (C=O) groups is 1. The summed E-state index contributed by atoms with van der Waals surface area (Å²) in [6.07, 6.45) is -0.0853. The predicted molar refractivity (Wildman–Crippen MR) is 101 cm³/mol. The van der Waals surface area contributed by atoms with Crippen molar-refractivity contribution >= 4 is 17.6 Å². The van der Waals surface area contributed by atoms with Gasteiger partial charge >= 0.3 is 6.02 Å². The molecule has 2 heterocycles. The highest BCUT2D eigenvalue weighted by molar-refractivity contribution is 6.03. The van der Waals surface area contributed by atoms with Crippen LogP contribution in [0.1, 0.15) is 22.5 Å². The molecule has 0 saturated carbocycles. The Morgan fingerprint density at radius 3 is 2.80 bits per heavy atom. The first-order valence-electron chi connectivity index (χ1n) is 8.69. The Morgan fingerprint density at radius 1 is 1.40 bits per heavy atom. The first-order chi connectivity index (χ1) is 14.3. The van der Waals surface area contributed by atoms with Gasteiger partial charge in [-0.3, -0.25) is 4.79 Å². The number of amides is 1. The highest BCUT2D eigenvalue weighted by Crippen LogP contribution is 2.38. The van der Waals surface area contributed by atoms with Crippen LogP contribution in [0.4, 0.5) is 18.9 Å². The van der Waals surface area contributed by atoms with Gasteiger partial charge in [0.15, 0.2) is 5.82 Å². The van der Waals surface area contributed by atoms with E-state index in [1.165, 1.54) is 25.4 Å². The Labute approximate surface area is 169 Å².